The molecule has 4 aromatic rings. The van der Waals surface area contributed by atoms with Gasteiger partial charge < -0.3 is 15.0 Å². The predicted molar refractivity (Wildman–Crippen MR) is 140 cm³/mol. The van der Waals surface area contributed by atoms with Crippen LogP contribution >= 0.6 is 11.3 Å². The monoisotopic (exact) mass is 473 g/mol. The number of fused-ring (bicyclic) bond motifs is 5. The number of rotatable bonds is 6. The summed E-state index contributed by atoms with van der Waals surface area (Å²) in [5.41, 5.74) is 5.33. The molecule has 34 heavy (non-hydrogen) atoms. The Balaban J connectivity index is 1.36. The van der Waals surface area contributed by atoms with Gasteiger partial charge in [-0.05, 0) is 62.1 Å². The molecule has 1 aliphatic carbocycles. The van der Waals surface area contributed by atoms with Crippen LogP contribution < -0.4 is 10.2 Å². The molecule has 1 aliphatic heterocycles. The second-order valence-corrected chi connectivity index (χ2v) is 10.4. The average Bonchev–Trinajstić information content (AvgIpc) is 3.28. The summed E-state index contributed by atoms with van der Waals surface area (Å²) >= 11 is 1.74. The molecule has 176 valence electrons. The lowest BCUT2D eigenvalue weighted by Crippen LogP contribution is -2.37. The normalized spacial score (nSPS) is 17.1. The van der Waals surface area contributed by atoms with Gasteiger partial charge >= 0.3 is 0 Å². The van der Waals surface area contributed by atoms with E-state index in [1.807, 2.05) is 0 Å². The van der Waals surface area contributed by atoms with Crippen LogP contribution in [0, 0.1) is 0 Å². The molecule has 7 heteroatoms. The molecule has 1 saturated heterocycles. The van der Waals surface area contributed by atoms with Gasteiger partial charge in [0, 0.05) is 24.5 Å². The third-order valence-electron chi connectivity index (χ3n) is 7.10. The Morgan fingerprint density at radius 1 is 1.06 bits per heavy atom. The van der Waals surface area contributed by atoms with Crippen LogP contribution in [0.4, 0.5) is 11.6 Å². The fraction of sp³-hybridized carbons (Fsp3) is 0.444. The van der Waals surface area contributed by atoms with Gasteiger partial charge in [-0.1, -0.05) is 30.3 Å². The van der Waals surface area contributed by atoms with Gasteiger partial charge in [0.25, 0.3) is 0 Å². The number of hydrogen-bond acceptors (Lipinski definition) is 7. The van der Waals surface area contributed by atoms with Crippen molar-refractivity contribution in [2.45, 2.75) is 51.5 Å². The number of ether oxygens (including phenoxy) is 1. The zero-order valence-electron chi connectivity index (χ0n) is 19.7. The van der Waals surface area contributed by atoms with E-state index in [4.69, 9.17) is 14.7 Å². The maximum Gasteiger partial charge on any atom is 0.147 e. The maximum atomic E-state index is 5.61. The Morgan fingerprint density at radius 3 is 2.68 bits per heavy atom. The van der Waals surface area contributed by atoms with Gasteiger partial charge in [0.1, 0.15) is 22.8 Å². The summed E-state index contributed by atoms with van der Waals surface area (Å²) in [6.07, 6.45) is 8.50. The molecule has 0 bridgehead atoms. The van der Waals surface area contributed by atoms with Crippen molar-refractivity contribution in [2.75, 3.05) is 36.5 Å². The van der Waals surface area contributed by atoms with Crippen molar-refractivity contribution in [1.29, 1.82) is 0 Å². The molecular formula is C27H31N5OS. The van der Waals surface area contributed by atoms with E-state index in [1.54, 1.807) is 17.7 Å². The number of pyridine rings is 1. The standard InChI is InChI=1S/C27H31N5OS/c1-18(11-12-19-7-3-2-4-8-19)30-25-24-23(28-17-29-25)22-20-9-5-6-10-21(20)26(31-27(22)34-24)32-13-15-33-16-14-32/h2-4,7-8,17-18H,5-6,9-16H2,1H3,(H,28,29,30). The van der Waals surface area contributed by atoms with Crippen molar-refractivity contribution >= 4 is 43.4 Å². The molecule has 6 rings (SSSR count). The Morgan fingerprint density at radius 2 is 1.85 bits per heavy atom. The van der Waals surface area contributed by atoms with Crippen LogP contribution in [0.5, 0.6) is 0 Å². The lowest BCUT2D eigenvalue weighted by Gasteiger charge is -2.31. The molecular weight excluding hydrogens is 442 g/mol. The first-order valence-electron chi connectivity index (χ1n) is 12.5. The average molecular weight is 474 g/mol. The van der Waals surface area contributed by atoms with Crippen molar-refractivity contribution in [3.8, 4) is 0 Å². The van der Waals surface area contributed by atoms with Gasteiger partial charge in [-0.3, -0.25) is 0 Å². The third-order valence-corrected chi connectivity index (χ3v) is 8.18. The van der Waals surface area contributed by atoms with Crippen molar-refractivity contribution in [1.82, 2.24) is 15.0 Å². The second-order valence-electron chi connectivity index (χ2n) is 9.45. The van der Waals surface area contributed by atoms with Crippen molar-refractivity contribution in [2.24, 2.45) is 0 Å². The zero-order valence-corrected chi connectivity index (χ0v) is 20.5. The minimum Gasteiger partial charge on any atom is -0.378 e. The van der Waals surface area contributed by atoms with Gasteiger partial charge in [-0.15, -0.1) is 11.3 Å². The van der Waals surface area contributed by atoms with Crippen LogP contribution in [0.3, 0.4) is 0 Å². The van der Waals surface area contributed by atoms with Crippen molar-refractivity contribution in [3.05, 3.63) is 53.3 Å². The van der Waals surface area contributed by atoms with Crippen molar-refractivity contribution in [3.63, 3.8) is 0 Å². The molecule has 1 atom stereocenters. The first kappa shape index (κ1) is 21.7. The Bertz CT molecular complexity index is 1300. The SMILES string of the molecule is CC(CCc1ccccc1)Nc1ncnc2c1sc1nc(N3CCOCC3)c3c(c12)CCCC3. The minimum atomic E-state index is 0.314. The summed E-state index contributed by atoms with van der Waals surface area (Å²) in [5.74, 6) is 2.11. The summed E-state index contributed by atoms with van der Waals surface area (Å²) in [5, 5.41) is 4.94. The van der Waals surface area contributed by atoms with Gasteiger partial charge in [0.2, 0.25) is 0 Å². The predicted octanol–water partition coefficient (Wildman–Crippen LogP) is 5.39. The summed E-state index contributed by atoms with van der Waals surface area (Å²) in [4.78, 5) is 18.2. The van der Waals surface area contributed by atoms with E-state index >= 15 is 0 Å². The highest BCUT2D eigenvalue weighted by atomic mass is 32.1. The second kappa shape index (κ2) is 9.47. The maximum absolute atomic E-state index is 5.61. The molecule has 0 radical (unpaired) electrons. The quantitative estimate of drug-likeness (QED) is 0.405. The molecule has 3 aromatic heterocycles. The molecule has 0 amide bonds. The van der Waals surface area contributed by atoms with Crippen LogP contribution in [0.25, 0.3) is 20.4 Å². The lowest BCUT2D eigenvalue weighted by molar-refractivity contribution is 0.122. The minimum absolute atomic E-state index is 0.314. The van der Waals surface area contributed by atoms with Crippen LogP contribution in [0.2, 0.25) is 0 Å². The Labute approximate surface area is 204 Å². The Hall–Kier alpha value is -2.77. The molecule has 4 heterocycles. The lowest BCUT2D eigenvalue weighted by atomic mass is 9.90. The summed E-state index contributed by atoms with van der Waals surface area (Å²) < 4.78 is 6.74. The largest absolute Gasteiger partial charge is 0.378 e. The van der Waals surface area contributed by atoms with E-state index < -0.39 is 0 Å². The van der Waals surface area contributed by atoms with E-state index in [2.05, 4.69) is 52.5 Å². The highest BCUT2D eigenvalue weighted by Gasteiger charge is 2.26. The van der Waals surface area contributed by atoms with E-state index in [0.29, 0.717) is 6.04 Å². The van der Waals surface area contributed by atoms with Crippen LogP contribution in [-0.2, 0) is 24.0 Å². The van der Waals surface area contributed by atoms with Crippen LogP contribution in [-0.4, -0.2) is 47.3 Å². The number of hydrogen-bond donors (Lipinski definition) is 1. The number of morpholine rings is 1. The van der Waals surface area contributed by atoms with E-state index in [9.17, 15) is 0 Å². The van der Waals surface area contributed by atoms with E-state index in [1.165, 1.54) is 40.7 Å². The number of aryl methyl sites for hydroxylation is 2. The number of anilines is 2. The van der Waals surface area contributed by atoms with Gasteiger partial charge in [0.05, 0.1) is 23.4 Å². The van der Waals surface area contributed by atoms with Gasteiger partial charge in [-0.2, -0.15) is 0 Å². The molecule has 0 spiro atoms. The summed E-state index contributed by atoms with van der Waals surface area (Å²) in [6.45, 7) is 5.63. The molecule has 0 saturated carbocycles. The highest BCUT2D eigenvalue weighted by Crippen LogP contribution is 2.42. The molecule has 2 aliphatic rings. The first-order valence-corrected chi connectivity index (χ1v) is 13.3. The summed E-state index contributed by atoms with van der Waals surface area (Å²) in [7, 11) is 0. The van der Waals surface area contributed by atoms with Crippen molar-refractivity contribution < 1.29 is 4.74 Å². The van der Waals surface area contributed by atoms with Crippen LogP contribution in [0.1, 0.15) is 42.9 Å². The smallest absolute Gasteiger partial charge is 0.147 e. The van der Waals surface area contributed by atoms with E-state index in [-0.39, 0.29) is 0 Å². The highest BCUT2D eigenvalue weighted by molar-refractivity contribution is 7.26. The Kier molecular flexibility index (Phi) is 6.05. The number of thiophene rings is 1. The molecule has 1 unspecified atom stereocenters. The number of aromatic nitrogens is 3. The number of nitrogens with one attached hydrogen (secondary N) is 1. The topological polar surface area (TPSA) is 63.2 Å². The number of nitrogens with zero attached hydrogens (tertiary/aromatic N) is 4. The fourth-order valence-corrected chi connectivity index (χ4v) is 6.42. The number of benzene rings is 1. The fourth-order valence-electron chi connectivity index (χ4n) is 5.31. The van der Waals surface area contributed by atoms with E-state index in [0.717, 1.165) is 72.9 Å². The molecule has 1 fully saturated rings. The van der Waals surface area contributed by atoms with Crippen LogP contribution in [0.15, 0.2) is 36.7 Å². The molecule has 6 nitrogen and oxygen atoms in total. The zero-order chi connectivity index (χ0) is 22.9. The van der Waals surface area contributed by atoms with Gasteiger partial charge in [-0.25, -0.2) is 15.0 Å². The third kappa shape index (κ3) is 4.12. The van der Waals surface area contributed by atoms with Gasteiger partial charge in [0.15, 0.2) is 0 Å². The molecule has 1 aromatic carbocycles. The first-order chi connectivity index (χ1) is 16.8. The molecule has 1 N–H and O–H groups in total. The summed E-state index contributed by atoms with van der Waals surface area (Å²) in [6, 6.07) is 11.0.